The van der Waals surface area contributed by atoms with E-state index >= 15 is 0 Å². The zero-order valence-corrected chi connectivity index (χ0v) is 13.4. The number of amides is 1. The molecule has 2 heterocycles. The molecule has 0 spiro atoms. The van der Waals surface area contributed by atoms with E-state index in [0.29, 0.717) is 23.3 Å². The average molecular weight is 327 g/mol. The SMILES string of the molecule is CCOc1ccc(NC(=O)Cn2cnc3c(cnn3C)c2=O)cc1. The Morgan fingerprint density at radius 3 is 2.75 bits per heavy atom. The summed E-state index contributed by atoms with van der Waals surface area (Å²) in [6.07, 6.45) is 2.80. The third-order valence-corrected chi connectivity index (χ3v) is 3.48. The number of nitrogens with zero attached hydrogens (tertiary/aromatic N) is 4. The maximum atomic E-state index is 12.3. The molecular weight excluding hydrogens is 310 g/mol. The second kappa shape index (κ2) is 6.53. The highest BCUT2D eigenvalue weighted by molar-refractivity contribution is 5.90. The fourth-order valence-corrected chi connectivity index (χ4v) is 2.34. The van der Waals surface area contributed by atoms with Crippen molar-refractivity contribution in [3.63, 3.8) is 0 Å². The van der Waals surface area contributed by atoms with Gasteiger partial charge in [-0.1, -0.05) is 0 Å². The van der Waals surface area contributed by atoms with E-state index < -0.39 is 0 Å². The van der Waals surface area contributed by atoms with Gasteiger partial charge in [0.1, 0.15) is 24.0 Å². The molecule has 1 N–H and O–H groups in total. The quantitative estimate of drug-likeness (QED) is 0.759. The lowest BCUT2D eigenvalue weighted by atomic mass is 10.3. The Morgan fingerprint density at radius 2 is 2.04 bits per heavy atom. The van der Waals surface area contributed by atoms with Gasteiger partial charge < -0.3 is 10.1 Å². The summed E-state index contributed by atoms with van der Waals surface area (Å²) in [6, 6.07) is 7.03. The summed E-state index contributed by atoms with van der Waals surface area (Å²) < 4.78 is 8.12. The Morgan fingerprint density at radius 1 is 1.29 bits per heavy atom. The molecule has 3 aromatic rings. The number of carbonyl (C=O) groups excluding carboxylic acids is 1. The first kappa shape index (κ1) is 15.7. The van der Waals surface area contributed by atoms with Crippen LogP contribution in [0.2, 0.25) is 0 Å². The van der Waals surface area contributed by atoms with E-state index in [2.05, 4.69) is 15.4 Å². The van der Waals surface area contributed by atoms with Crippen molar-refractivity contribution in [3.05, 3.63) is 47.1 Å². The number of hydrogen-bond acceptors (Lipinski definition) is 5. The molecule has 124 valence electrons. The Hall–Kier alpha value is -3.16. The van der Waals surface area contributed by atoms with Crippen LogP contribution in [0, 0.1) is 0 Å². The first-order chi connectivity index (χ1) is 11.6. The van der Waals surface area contributed by atoms with Crippen LogP contribution in [-0.4, -0.2) is 31.8 Å². The Balaban J connectivity index is 1.73. The zero-order valence-electron chi connectivity index (χ0n) is 13.4. The van der Waals surface area contributed by atoms with Crippen molar-refractivity contribution in [1.29, 1.82) is 0 Å². The van der Waals surface area contributed by atoms with E-state index in [1.807, 2.05) is 6.92 Å². The van der Waals surface area contributed by atoms with Crippen LogP contribution in [-0.2, 0) is 18.4 Å². The number of hydrogen-bond donors (Lipinski definition) is 1. The summed E-state index contributed by atoms with van der Waals surface area (Å²) in [5.41, 5.74) is 0.824. The van der Waals surface area contributed by atoms with E-state index in [0.717, 1.165) is 5.75 Å². The minimum absolute atomic E-state index is 0.121. The second-order valence-electron chi connectivity index (χ2n) is 5.19. The number of anilines is 1. The number of aromatic nitrogens is 4. The molecule has 1 amide bonds. The molecular formula is C16H17N5O3. The molecule has 0 atom stereocenters. The van der Waals surface area contributed by atoms with E-state index in [9.17, 15) is 9.59 Å². The van der Waals surface area contributed by atoms with Gasteiger partial charge in [0.15, 0.2) is 5.65 Å². The van der Waals surface area contributed by atoms with Crippen molar-refractivity contribution in [2.24, 2.45) is 7.05 Å². The second-order valence-corrected chi connectivity index (χ2v) is 5.19. The van der Waals surface area contributed by atoms with Gasteiger partial charge in [-0.05, 0) is 31.2 Å². The number of aryl methyl sites for hydroxylation is 1. The van der Waals surface area contributed by atoms with Gasteiger partial charge in [0.05, 0.1) is 12.8 Å². The predicted octanol–water partition coefficient (Wildman–Crippen LogP) is 1.17. The average Bonchev–Trinajstić information content (AvgIpc) is 2.94. The minimum Gasteiger partial charge on any atom is -0.494 e. The lowest BCUT2D eigenvalue weighted by Gasteiger charge is -2.08. The molecule has 0 bridgehead atoms. The lowest BCUT2D eigenvalue weighted by Crippen LogP contribution is -2.27. The van der Waals surface area contributed by atoms with Crippen LogP contribution in [0.15, 0.2) is 41.6 Å². The number of benzene rings is 1. The van der Waals surface area contributed by atoms with Gasteiger partial charge in [-0.15, -0.1) is 0 Å². The maximum Gasteiger partial charge on any atom is 0.264 e. The molecule has 0 saturated carbocycles. The molecule has 8 heteroatoms. The first-order valence-corrected chi connectivity index (χ1v) is 7.48. The largest absolute Gasteiger partial charge is 0.494 e. The van der Waals surface area contributed by atoms with Gasteiger partial charge in [0.25, 0.3) is 5.56 Å². The highest BCUT2D eigenvalue weighted by Crippen LogP contribution is 2.15. The van der Waals surface area contributed by atoms with Crippen LogP contribution in [0.3, 0.4) is 0 Å². The fraction of sp³-hybridized carbons (Fsp3) is 0.250. The van der Waals surface area contributed by atoms with E-state index in [1.165, 1.54) is 21.8 Å². The molecule has 1 aromatic carbocycles. The molecule has 0 aliphatic heterocycles. The van der Waals surface area contributed by atoms with Gasteiger partial charge in [0.2, 0.25) is 5.91 Å². The summed E-state index contributed by atoms with van der Waals surface area (Å²) >= 11 is 0. The van der Waals surface area contributed by atoms with Crippen LogP contribution in [0.4, 0.5) is 5.69 Å². The monoisotopic (exact) mass is 327 g/mol. The summed E-state index contributed by atoms with van der Waals surface area (Å²) in [7, 11) is 1.71. The van der Waals surface area contributed by atoms with Crippen LogP contribution < -0.4 is 15.6 Å². The van der Waals surface area contributed by atoms with E-state index in [1.54, 1.807) is 31.3 Å². The van der Waals surface area contributed by atoms with Crippen molar-refractivity contribution in [3.8, 4) is 5.75 Å². The van der Waals surface area contributed by atoms with Gasteiger partial charge in [0, 0.05) is 12.7 Å². The predicted molar refractivity (Wildman–Crippen MR) is 89.0 cm³/mol. The standard InChI is InChI=1S/C16H17N5O3/c1-3-24-12-6-4-11(5-7-12)19-14(22)9-21-10-17-15-13(16(21)23)8-18-20(15)2/h4-8,10H,3,9H2,1-2H3,(H,19,22). The first-order valence-electron chi connectivity index (χ1n) is 7.48. The summed E-state index contributed by atoms with van der Waals surface area (Å²) in [5, 5.41) is 7.12. The highest BCUT2D eigenvalue weighted by Gasteiger charge is 2.11. The smallest absolute Gasteiger partial charge is 0.264 e. The fourth-order valence-electron chi connectivity index (χ4n) is 2.34. The van der Waals surface area contributed by atoms with Crippen LogP contribution in [0.1, 0.15) is 6.92 Å². The molecule has 0 saturated heterocycles. The normalized spacial score (nSPS) is 10.8. The highest BCUT2D eigenvalue weighted by atomic mass is 16.5. The molecule has 0 radical (unpaired) electrons. The Kier molecular flexibility index (Phi) is 4.28. The molecule has 0 aliphatic rings. The Labute approximate surface area is 137 Å². The molecule has 24 heavy (non-hydrogen) atoms. The summed E-state index contributed by atoms with van der Waals surface area (Å²) in [6.45, 7) is 2.36. The molecule has 0 aliphatic carbocycles. The maximum absolute atomic E-state index is 12.3. The van der Waals surface area contributed by atoms with Crippen molar-refractivity contribution in [2.75, 3.05) is 11.9 Å². The number of rotatable bonds is 5. The van der Waals surface area contributed by atoms with Crippen LogP contribution in [0.25, 0.3) is 11.0 Å². The molecule has 2 aromatic heterocycles. The van der Waals surface area contributed by atoms with Crippen molar-refractivity contribution >= 4 is 22.6 Å². The van der Waals surface area contributed by atoms with Gasteiger partial charge in [-0.3, -0.25) is 18.8 Å². The number of ether oxygens (including phenoxy) is 1. The Bertz CT molecular complexity index is 927. The van der Waals surface area contributed by atoms with Crippen LogP contribution in [0.5, 0.6) is 5.75 Å². The van der Waals surface area contributed by atoms with Gasteiger partial charge >= 0.3 is 0 Å². The molecule has 3 rings (SSSR count). The number of fused-ring (bicyclic) bond motifs is 1. The van der Waals surface area contributed by atoms with Crippen molar-refractivity contribution < 1.29 is 9.53 Å². The zero-order chi connectivity index (χ0) is 17.1. The van der Waals surface area contributed by atoms with Crippen molar-refractivity contribution in [2.45, 2.75) is 13.5 Å². The van der Waals surface area contributed by atoms with E-state index in [4.69, 9.17) is 4.74 Å². The third-order valence-electron chi connectivity index (χ3n) is 3.48. The van der Waals surface area contributed by atoms with Gasteiger partial charge in [-0.25, -0.2) is 4.98 Å². The van der Waals surface area contributed by atoms with Crippen LogP contribution >= 0.6 is 0 Å². The minimum atomic E-state index is -0.314. The number of carbonyl (C=O) groups is 1. The van der Waals surface area contributed by atoms with Gasteiger partial charge in [-0.2, -0.15) is 5.10 Å². The lowest BCUT2D eigenvalue weighted by molar-refractivity contribution is -0.116. The summed E-state index contributed by atoms with van der Waals surface area (Å²) in [5.74, 6) is 0.421. The molecule has 0 unspecified atom stereocenters. The van der Waals surface area contributed by atoms with E-state index in [-0.39, 0.29) is 18.0 Å². The van der Waals surface area contributed by atoms with Crippen molar-refractivity contribution in [1.82, 2.24) is 19.3 Å². The molecule has 0 fully saturated rings. The number of nitrogens with one attached hydrogen (secondary N) is 1. The molecule has 8 nitrogen and oxygen atoms in total. The third kappa shape index (κ3) is 3.12. The topological polar surface area (TPSA) is 91.0 Å². The summed E-state index contributed by atoms with van der Waals surface area (Å²) in [4.78, 5) is 28.6.